The minimum Gasteiger partial charge on any atom is -0.491 e. The minimum atomic E-state index is -4.55. The lowest BCUT2D eigenvalue weighted by atomic mass is 10.1. The summed E-state index contributed by atoms with van der Waals surface area (Å²) in [5.41, 5.74) is -0.835. The summed E-state index contributed by atoms with van der Waals surface area (Å²) in [5.74, 6) is -1.72. The molecule has 4 amide bonds. The van der Waals surface area contributed by atoms with Crippen LogP contribution in [0.2, 0.25) is 0 Å². The lowest BCUT2D eigenvalue weighted by molar-refractivity contribution is -0.141. The number of hydrogen-bond acceptors (Lipinski definition) is 6. The molecule has 1 saturated heterocycles. The van der Waals surface area contributed by atoms with E-state index < -0.39 is 42.1 Å². The van der Waals surface area contributed by atoms with Crippen LogP contribution < -0.4 is 15.4 Å². The number of fused-ring (bicyclic) bond motifs is 2. The van der Waals surface area contributed by atoms with Gasteiger partial charge < -0.3 is 25.2 Å². The normalized spacial score (nSPS) is 20.8. The average molecular weight is 565 g/mol. The van der Waals surface area contributed by atoms with Gasteiger partial charge in [-0.15, -0.1) is 0 Å². The van der Waals surface area contributed by atoms with E-state index in [0.29, 0.717) is 6.54 Å². The summed E-state index contributed by atoms with van der Waals surface area (Å²) in [5, 5.41) is 8.68. The zero-order chi connectivity index (χ0) is 28.9. The predicted molar refractivity (Wildman–Crippen MR) is 135 cm³/mol. The van der Waals surface area contributed by atoms with Crippen LogP contribution in [0.4, 0.5) is 13.2 Å². The first-order valence-electron chi connectivity index (χ1n) is 13.0. The molecule has 2 N–H and O–H groups in total. The van der Waals surface area contributed by atoms with Crippen molar-refractivity contribution in [1.29, 1.82) is 0 Å². The van der Waals surface area contributed by atoms with Gasteiger partial charge in [0, 0.05) is 32.9 Å². The number of aromatic nitrogens is 2. The molecule has 11 nitrogen and oxygen atoms in total. The van der Waals surface area contributed by atoms with Gasteiger partial charge in [0.05, 0.1) is 24.6 Å². The molecule has 2 atom stereocenters. The Morgan fingerprint density at radius 3 is 2.70 bits per heavy atom. The highest BCUT2D eigenvalue weighted by atomic mass is 19.4. The molecule has 40 heavy (non-hydrogen) atoms. The number of carbonyl (C=O) groups is 4. The Labute approximate surface area is 228 Å². The van der Waals surface area contributed by atoms with E-state index in [1.54, 1.807) is 23.1 Å². The maximum atomic E-state index is 13.2. The molecular weight excluding hydrogens is 533 g/mol. The van der Waals surface area contributed by atoms with Crippen molar-refractivity contribution >= 4 is 23.6 Å². The topological polar surface area (TPSA) is 126 Å². The Balaban J connectivity index is 1.45. The van der Waals surface area contributed by atoms with Gasteiger partial charge in [-0.3, -0.25) is 23.9 Å². The maximum Gasteiger partial charge on any atom is 0.435 e. The Morgan fingerprint density at radius 1 is 1.18 bits per heavy atom. The Hall–Kier alpha value is -4.10. The fourth-order valence-electron chi connectivity index (χ4n) is 4.67. The molecule has 3 heterocycles. The van der Waals surface area contributed by atoms with E-state index in [2.05, 4.69) is 15.7 Å². The SMILES string of the molecule is CN1CC(=O)N2CCC[C@@H]2COc2ccccc2C(=O)N[C@H](C(=O)NCCCn2ccc(C(F)(F)F)n2)CC1=O. The molecule has 0 spiro atoms. The van der Waals surface area contributed by atoms with Crippen LogP contribution in [0.25, 0.3) is 0 Å². The van der Waals surface area contributed by atoms with Crippen molar-refractivity contribution in [2.45, 2.75) is 50.5 Å². The van der Waals surface area contributed by atoms with Crippen molar-refractivity contribution in [2.75, 3.05) is 33.3 Å². The van der Waals surface area contributed by atoms with Gasteiger partial charge in [0.1, 0.15) is 18.4 Å². The van der Waals surface area contributed by atoms with Gasteiger partial charge in [-0.1, -0.05) is 12.1 Å². The van der Waals surface area contributed by atoms with Crippen molar-refractivity contribution in [1.82, 2.24) is 30.2 Å². The second-order valence-electron chi connectivity index (χ2n) is 9.78. The number of hydrogen-bond donors (Lipinski definition) is 2. The number of nitrogens with zero attached hydrogens (tertiary/aromatic N) is 4. The number of carbonyl (C=O) groups excluding carboxylic acids is 4. The van der Waals surface area contributed by atoms with Crippen molar-refractivity contribution in [3.05, 3.63) is 47.8 Å². The molecule has 1 aromatic carbocycles. The van der Waals surface area contributed by atoms with E-state index in [0.717, 1.165) is 23.6 Å². The summed E-state index contributed by atoms with van der Waals surface area (Å²) in [6, 6.07) is 5.91. The number of nitrogens with one attached hydrogen (secondary N) is 2. The van der Waals surface area contributed by atoms with Crippen molar-refractivity contribution in [2.24, 2.45) is 0 Å². The third kappa shape index (κ3) is 7.10. The van der Waals surface area contributed by atoms with E-state index in [9.17, 15) is 32.3 Å². The summed E-state index contributed by atoms with van der Waals surface area (Å²) in [6.45, 7) is 0.707. The van der Waals surface area contributed by atoms with E-state index >= 15 is 0 Å². The van der Waals surface area contributed by atoms with Crippen LogP contribution in [-0.4, -0.2) is 88.6 Å². The van der Waals surface area contributed by atoms with Crippen molar-refractivity contribution < 1.29 is 37.1 Å². The van der Waals surface area contributed by atoms with Crippen LogP contribution in [-0.2, 0) is 27.1 Å². The molecule has 2 aliphatic heterocycles. The summed E-state index contributed by atoms with van der Waals surface area (Å²) >= 11 is 0. The fraction of sp³-hybridized carbons (Fsp3) is 0.500. The molecule has 0 saturated carbocycles. The lowest BCUT2D eigenvalue weighted by Crippen LogP contribution is -2.51. The van der Waals surface area contributed by atoms with E-state index in [1.165, 1.54) is 24.2 Å². The average Bonchev–Trinajstić information content (AvgIpc) is 3.59. The number of ether oxygens (including phenoxy) is 1. The number of benzene rings is 1. The number of halogens is 3. The summed E-state index contributed by atoms with van der Waals surface area (Å²) in [6.07, 6.45) is -1.96. The van der Waals surface area contributed by atoms with Crippen molar-refractivity contribution in [3.63, 3.8) is 0 Å². The minimum absolute atomic E-state index is 0.0605. The first-order valence-corrected chi connectivity index (χ1v) is 13.0. The second kappa shape index (κ2) is 12.4. The number of aryl methyl sites for hydroxylation is 1. The fourth-order valence-corrected chi connectivity index (χ4v) is 4.67. The summed E-state index contributed by atoms with van der Waals surface area (Å²) < 4.78 is 45.3. The number of likely N-dealkylation sites (N-methyl/N-ethyl adjacent to an activating group) is 1. The zero-order valence-electron chi connectivity index (χ0n) is 21.9. The van der Waals surface area contributed by atoms with Crippen LogP contribution in [0.15, 0.2) is 36.5 Å². The van der Waals surface area contributed by atoms with Gasteiger partial charge in [0.25, 0.3) is 5.91 Å². The molecule has 14 heteroatoms. The van der Waals surface area contributed by atoms with Gasteiger partial charge in [-0.2, -0.15) is 18.3 Å². The monoisotopic (exact) mass is 564 g/mol. The third-order valence-corrected chi connectivity index (χ3v) is 6.85. The Morgan fingerprint density at radius 2 is 1.95 bits per heavy atom. The van der Waals surface area contributed by atoms with Gasteiger partial charge in [0.15, 0.2) is 5.69 Å². The van der Waals surface area contributed by atoms with E-state index in [-0.39, 0.29) is 55.9 Å². The van der Waals surface area contributed by atoms with Crippen LogP contribution in [0.1, 0.15) is 41.7 Å². The highest BCUT2D eigenvalue weighted by molar-refractivity contribution is 6.01. The molecule has 0 aliphatic carbocycles. The first-order chi connectivity index (χ1) is 19.0. The summed E-state index contributed by atoms with van der Waals surface area (Å²) in [4.78, 5) is 55.1. The second-order valence-corrected chi connectivity index (χ2v) is 9.78. The molecule has 0 bridgehead atoms. The molecule has 2 aromatic rings. The molecular formula is C26H31F3N6O5. The molecule has 0 unspecified atom stereocenters. The molecule has 4 rings (SSSR count). The predicted octanol–water partition coefficient (Wildman–Crippen LogP) is 1.44. The van der Waals surface area contributed by atoms with Crippen LogP contribution in [0, 0.1) is 0 Å². The third-order valence-electron chi connectivity index (χ3n) is 6.85. The van der Waals surface area contributed by atoms with E-state index in [1.807, 2.05) is 0 Å². The lowest BCUT2D eigenvalue weighted by Gasteiger charge is -2.29. The van der Waals surface area contributed by atoms with Gasteiger partial charge in [0.2, 0.25) is 17.7 Å². The van der Waals surface area contributed by atoms with Crippen LogP contribution in [0.3, 0.4) is 0 Å². The van der Waals surface area contributed by atoms with Crippen molar-refractivity contribution in [3.8, 4) is 5.75 Å². The van der Waals surface area contributed by atoms with Crippen LogP contribution >= 0.6 is 0 Å². The molecule has 1 aromatic heterocycles. The highest BCUT2D eigenvalue weighted by Gasteiger charge is 2.34. The Kier molecular flexibility index (Phi) is 8.95. The largest absolute Gasteiger partial charge is 0.491 e. The molecule has 216 valence electrons. The van der Waals surface area contributed by atoms with Crippen LogP contribution in [0.5, 0.6) is 5.75 Å². The number of amides is 4. The number of rotatable bonds is 5. The smallest absolute Gasteiger partial charge is 0.435 e. The Bertz CT molecular complexity index is 1250. The molecule has 1 fully saturated rings. The first kappa shape index (κ1) is 28.9. The number of para-hydroxylation sites is 1. The highest BCUT2D eigenvalue weighted by Crippen LogP contribution is 2.27. The number of alkyl halides is 3. The molecule has 2 aliphatic rings. The van der Waals surface area contributed by atoms with Gasteiger partial charge in [-0.25, -0.2) is 0 Å². The maximum absolute atomic E-state index is 13.2. The zero-order valence-corrected chi connectivity index (χ0v) is 21.9. The van der Waals surface area contributed by atoms with E-state index in [4.69, 9.17) is 4.74 Å². The van der Waals surface area contributed by atoms with Gasteiger partial charge in [-0.05, 0) is 37.5 Å². The molecule has 0 radical (unpaired) electrons. The standard InChI is InChI=1S/C26H31F3N6O5/c1-33-15-23(37)35-12-4-6-17(35)16-40-20-8-3-2-7-18(20)24(38)31-19(14-22(33)36)25(39)30-10-5-11-34-13-9-21(32-34)26(27,28)29/h2-3,7-9,13,17,19H,4-6,10-12,14-16H2,1H3,(H,30,39)(H,31,38)/t17-,19+/m1/s1. The quantitative estimate of drug-likeness (QED) is 0.530. The summed E-state index contributed by atoms with van der Waals surface area (Å²) in [7, 11) is 1.46. The van der Waals surface area contributed by atoms with Gasteiger partial charge >= 0.3 is 6.18 Å².